The van der Waals surface area contributed by atoms with E-state index < -0.39 is 29.7 Å². The molecular formula is C25H25ClF2N2O5. The molecule has 1 amide bonds. The van der Waals surface area contributed by atoms with E-state index in [1.165, 1.54) is 18.2 Å². The third-order valence-corrected chi connectivity index (χ3v) is 6.57. The van der Waals surface area contributed by atoms with Crippen LogP contribution in [0.15, 0.2) is 46.9 Å². The highest BCUT2D eigenvalue weighted by molar-refractivity contribution is 6.31. The zero-order valence-corrected chi connectivity index (χ0v) is 19.6. The smallest absolute Gasteiger partial charge is 0.380 e. The number of aliphatic hydroxyl groups excluding tert-OH is 1. The van der Waals surface area contributed by atoms with E-state index in [9.17, 15) is 9.90 Å². The van der Waals surface area contributed by atoms with Gasteiger partial charge in [0.05, 0.1) is 6.04 Å². The van der Waals surface area contributed by atoms with E-state index >= 15 is 8.78 Å². The molecule has 0 spiro atoms. The van der Waals surface area contributed by atoms with Crippen molar-refractivity contribution in [3.8, 4) is 11.5 Å². The van der Waals surface area contributed by atoms with E-state index in [-0.39, 0.29) is 12.1 Å². The number of likely N-dealkylation sites (tertiary alicyclic amines) is 1. The number of nitrogens with zero attached hydrogens (tertiary/aromatic N) is 1. The number of furan rings is 1. The van der Waals surface area contributed by atoms with Gasteiger partial charge < -0.3 is 29.2 Å². The van der Waals surface area contributed by atoms with Gasteiger partial charge in [-0.1, -0.05) is 17.7 Å². The Morgan fingerprint density at radius 2 is 1.83 bits per heavy atom. The predicted molar refractivity (Wildman–Crippen MR) is 125 cm³/mol. The molecule has 0 unspecified atom stereocenters. The lowest BCUT2D eigenvalue weighted by molar-refractivity contribution is -0.151. The van der Waals surface area contributed by atoms with Crippen molar-refractivity contribution in [2.75, 3.05) is 32.8 Å². The number of alkyl halides is 2. The summed E-state index contributed by atoms with van der Waals surface area (Å²) >= 11 is 5.93. The van der Waals surface area contributed by atoms with Crippen molar-refractivity contribution in [1.82, 2.24) is 10.2 Å². The van der Waals surface area contributed by atoms with Crippen molar-refractivity contribution in [2.24, 2.45) is 0 Å². The average Bonchev–Trinajstić information content (AvgIpc) is 3.52. The van der Waals surface area contributed by atoms with E-state index in [0.717, 1.165) is 32.0 Å². The van der Waals surface area contributed by atoms with Crippen LogP contribution in [-0.4, -0.2) is 54.8 Å². The first-order chi connectivity index (χ1) is 16.8. The quantitative estimate of drug-likeness (QED) is 0.498. The second kappa shape index (κ2) is 9.64. The van der Waals surface area contributed by atoms with Gasteiger partial charge in [-0.05, 0) is 67.9 Å². The summed E-state index contributed by atoms with van der Waals surface area (Å²) in [6.07, 6.45) is 0.692. The van der Waals surface area contributed by atoms with Crippen molar-refractivity contribution in [1.29, 1.82) is 0 Å². The molecule has 1 aromatic heterocycles. The van der Waals surface area contributed by atoms with E-state index in [0.29, 0.717) is 40.7 Å². The molecule has 10 heteroatoms. The Balaban J connectivity index is 1.39. The van der Waals surface area contributed by atoms with Crippen molar-refractivity contribution < 1.29 is 32.6 Å². The van der Waals surface area contributed by atoms with Gasteiger partial charge in [0.1, 0.15) is 24.9 Å². The SMILES string of the molecule is O=C(N[C@H](CN1CCCC1)[C@@H](O)c1ccc2c(c1)OCCO2)C(F)(F)c1cc2cc(Cl)ccc2o1. The summed E-state index contributed by atoms with van der Waals surface area (Å²) in [6, 6.07) is 9.50. The van der Waals surface area contributed by atoms with E-state index in [1.54, 1.807) is 18.2 Å². The summed E-state index contributed by atoms with van der Waals surface area (Å²) in [5.41, 5.74) is 0.627. The molecule has 1 saturated heterocycles. The highest BCUT2D eigenvalue weighted by Gasteiger charge is 2.46. The maximum atomic E-state index is 15.2. The molecule has 0 aliphatic carbocycles. The van der Waals surface area contributed by atoms with E-state index in [1.807, 2.05) is 4.90 Å². The van der Waals surface area contributed by atoms with Gasteiger partial charge >= 0.3 is 5.92 Å². The summed E-state index contributed by atoms with van der Waals surface area (Å²) in [4.78, 5) is 14.9. The number of fused-ring (bicyclic) bond motifs is 2. The predicted octanol–water partition coefficient (Wildman–Crippen LogP) is 4.26. The lowest BCUT2D eigenvalue weighted by Crippen LogP contribution is -2.50. The van der Waals surface area contributed by atoms with Gasteiger partial charge in [-0.25, -0.2) is 0 Å². The van der Waals surface area contributed by atoms with Gasteiger partial charge in [-0.3, -0.25) is 4.79 Å². The highest BCUT2D eigenvalue weighted by atomic mass is 35.5. The molecule has 5 rings (SSSR count). The van der Waals surface area contributed by atoms with Crippen molar-refractivity contribution in [2.45, 2.75) is 30.9 Å². The zero-order chi connectivity index (χ0) is 24.6. The first-order valence-corrected chi connectivity index (χ1v) is 11.9. The lowest BCUT2D eigenvalue weighted by atomic mass is 10.0. The Kier molecular flexibility index (Phi) is 6.57. The van der Waals surface area contributed by atoms with Crippen LogP contribution in [0.5, 0.6) is 11.5 Å². The number of aliphatic hydroxyl groups is 1. The van der Waals surface area contributed by atoms with Crippen LogP contribution in [-0.2, 0) is 10.7 Å². The maximum Gasteiger partial charge on any atom is 0.380 e. The fraction of sp³-hybridized carbons (Fsp3) is 0.400. The number of carbonyl (C=O) groups excluding carboxylic acids is 1. The third-order valence-electron chi connectivity index (χ3n) is 6.33. The van der Waals surface area contributed by atoms with Gasteiger partial charge in [-0.2, -0.15) is 8.78 Å². The Hall–Kier alpha value is -2.88. The molecular weight excluding hydrogens is 482 g/mol. The molecule has 2 aliphatic heterocycles. The summed E-state index contributed by atoms with van der Waals surface area (Å²) in [5.74, 6) is -5.29. The molecule has 1 fully saturated rings. The largest absolute Gasteiger partial charge is 0.486 e. The maximum absolute atomic E-state index is 15.2. The molecule has 7 nitrogen and oxygen atoms in total. The van der Waals surface area contributed by atoms with E-state index in [2.05, 4.69) is 5.32 Å². The average molecular weight is 507 g/mol. The highest BCUT2D eigenvalue weighted by Crippen LogP contribution is 2.36. The number of hydrogen-bond donors (Lipinski definition) is 2. The van der Waals surface area contributed by atoms with Crippen LogP contribution in [0.3, 0.4) is 0 Å². The van der Waals surface area contributed by atoms with Crippen LogP contribution in [0.25, 0.3) is 11.0 Å². The van der Waals surface area contributed by atoms with Crippen LogP contribution in [0, 0.1) is 0 Å². The molecule has 0 bridgehead atoms. The zero-order valence-electron chi connectivity index (χ0n) is 18.8. The number of carbonyl (C=O) groups is 1. The van der Waals surface area contributed by atoms with Crippen LogP contribution < -0.4 is 14.8 Å². The van der Waals surface area contributed by atoms with Gasteiger partial charge in [0, 0.05) is 17.0 Å². The Bertz CT molecular complexity index is 1230. The molecule has 0 radical (unpaired) electrons. The number of ether oxygens (including phenoxy) is 2. The van der Waals surface area contributed by atoms with Gasteiger partial charge in [0.15, 0.2) is 17.3 Å². The van der Waals surface area contributed by atoms with Crippen molar-refractivity contribution in [3.05, 3.63) is 58.8 Å². The first-order valence-electron chi connectivity index (χ1n) is 11.5. The molecule has 35 heavy (non-hydrogen) atoms. The Labute approximate surface area is 205 Å². The number of nitrogens with one attached hydrogen (secondary N) is 1. The minimum absolute atomic E-state index is 0.196. The van der Waals surface area contributed by atoms with Gasteiger partial charge in [0.25, 0.3) is 5.91 Å². The fourth-order valence-electron chi connectivity index (χ4n) is 4.48. The monoisotopic (exact) mass is 506 g/mol. The molecule has 2 aliphatic rings. The standard InChI is InChI=1S/C25H25ClF2N2O5/c26-17-4-6-19-16(11-17)13-22(35-19)25(27,28)24(32)29-18(14-30-7-1-2-8-30)23(31)15-3-5-20-21(12-15)34-10-9-33-20/h3-6,11-13,18,23,31H,1-2,7-10,14H2,(H,29,32)/t18-,23+/m1/s1. The molecule has 3 heterocycles. The summed E-state index contributed by atoms with van der Waals surface area (Å²) in [6.45, 7) is 2.54. The molecule has 0 saturated carbocycles. The molecule has 3 aromatic rings. The Morgan fingerprint density at radius 1 is 1.09 bits per heavy atom. The Morgan fingerprint density at radius 3 is 2.60 bits per heavy atom. The second-order valence-electron chi connectivity index (χ2n) is 8.80. The molecule has 2 aromatic carbocycles. The van der Waals surface area contributed by atoms with Crippen LogP contribution in [0.2, 0.25) is 5.02 Å². The van der Waals surface area contributed by atoms with Gasteiger partial charge in [0.2, 0.25) is 0 Å². The minimum atomic E-state index is -3.96. The normalized spacial score (nSPS) is 17.9. The third kappa shape index (κ3) is 4.94. The molecule has 186 valence electrons. The first kappa shape index (κ1) is 23.8. The minimum Gasteiger partial charge on any atom is -0.486 e. The van der Waals surface area contributed by atoms with Crippen LogP contribution >= 0.6 is 11.6 Å². The topological polar surface area (TPSA) is 84.2 Å². The van der Waals surface area contributed by atoms with Crippen LogP contribution in [0.1, 0.15) is 30.3 Å². The number of benzene rings is 2. The number of amides is 1. The fourth-order valence-corrected chi connectivity index (χ4v) is 4.66. The van der Waals surface area contributed by atoms with Gasteiger partial charge in [-0.15, -0.1) is 0 Å². The number of halogens is 3. The number of rotatable bonds is 7. The number of hydrogen-bond acceptors (Lipinski definition) is 6. The molecule has 2 N–H and O–H groups in total. The second-order valence-corrected chi connectivity index (χ2v) is 9.24. The van der Waals surface area contributed by atoms with Crippen LogP contribution in [0.4, 0.5) is 8.78 Å². The summed E-state index contributed by atoms with van der Waals surface area (Å²) in [7, 11) is 0. The summed E-state index contributed by atoms with van der Waals surface area (Å²) < 4.78 is 46.7. The van der Waals surface area contributed by atoms with E-state index in [4.69, 9.17) is 25.5 Å². The molecule has 2 atom stereocenters. The van der Waals surface area contributed by atoms with Crippen molar-refractivity contribution >= 4 is 28.5 Å². The summed E-state index contributed by atoms with van der Waals surface area (Å²) in [5, 5.41) is 14.3. The van der Waals surface area contributed by atoms with Crippen molar-refractivity contribution in [3.63, 3.8) is 0 Å². The lowest BCUT2D eigenvalue weighted by Gasteiger charge is -2.30.